The number of aromatic nitrogens is 2. The summed E-state index contributed by atoms with van der Waals surface area (Å²) in [6.07, 6.45) is 0. The number of piperazine rings is 1. The first-order valence-electron chi connectivity index (χ1n) is 6.60. The Labute approximate surface area is 116 Å². The number of nitrogens with one attached hydrogen (secondary N) is 1. The summed E-state index contributed by atoms with van der Waals surface area (Å²) in [5, 5.41) is 7.39. The Bertz CT molecular complexity index is 565. The highest BCUT2D eigenvalue weighted by Crippen LogP contribution is 2.24. The SMILES string of the molecule is COCc1ccc(-c2nc(C3CNCCN3C)no2)o1. The molecule has 1 aliphatic rings. The molecule has 7 nitrogen and oxygen atoms in total. The third kappa shape index (κ3) is 2.60. The number of methoxy groups -OCH3 is 1. The molecule has 0 aliphatic carbocycles. The maximum atomic E-state index is 5.59. The zero-order valence-electron chi connectivity index (χ0n) is 11.6. The van der Waals surface area contributed by atoms with Gasteiger partial charge in [0.2, 0.25) is 0 Å². The molecule has 0 spiro atoms. The van der Waals surface area contributed by atoms with Gasteiger partial charge in [-0.15, -0.1) is 0 Å². The molecular weight excluding hydrogens is 260 g/mol. The van der Waals surface area contributed by atoms with Gasteiger partial charge >= 0.3 is 0 Å². The van der Waals surface area contributed by atoms with Gasteiger partial charge in [-0.05, 0) is 19.2 Å². The predicted octanol–water partition coefficient (Wildman–Crippen LogP) is 1.05. The lowest BCUT2D eigenvalue weighted by atomic mass is 10.2. The van der Waals surface area contributed by atoms with Crippen LogP contribution in [0.5, 0.6) is 0 Å². The van der Waals surface area contributed by atoms with E-state index in [9.17, 15) is 0 Å². The average Bonchev–Trinajstić information content (AvgIpc) is 3.08. The van der Waals surface area contributed by atoms with Gasteiger partial charge in [0.15, 0.2) is 11.6 Å². The van der Waals surface area contributed by atoms with Gasteiger partial charge in [-0.1, -0.05) is 5.16 Å². The standard InChI is InChI=1S/C13H18N4O3/c1-17-6-5-14-7-10(17)12-15-13(20-16-12)11-4-3-9(19-11)8-18-2/h3-4,10,14H,5-8H2,1-2H3. The van der Waals surface area contributed by atoms with E-state index in [2.05, 4.69) is 27.4 Å². The van der Waals surface area contributed by atoms with E-state index in [0.717, 1.165) is 25.4 Å². The van der Waals surface area contributed by atoms with Crippen molar-refractivity contribution in [3.63, 3.8) is 0 Å². The van der Waals surface area contributed by atoms with Crippen LogP contribution in [0.15, 0.2) is 21.1 Å². The van der Waals surface area contributed by atoms with Crippen LogP contribution in [0.2, 0.25) is 0 Å². The van der Waals surface area contributed by atoms with Crippen LogP contribution in [0.4, 0.5) is 0 Å². The molecule has 1 N–H and O–H groups in total. The lowest BCUT2D eigenvalue weighted by molar-refractivity contribution is 0.164. The van der Waals surface area contributed by atoms with Crippen LogP contribution in [0.25, 0.3) is 11.7 Å². The van der Waals surface area contributed by atoms with E-state index in [-0.39, 0.29) is 6.04 Å². The molecule has 3 rings (SSSR count). The molecule has 2 aromatic rings. The van der Waals surface area contributed by atoms with Crippen molar-refractivity contribution in [2.75, 3.05) is 33.8 Å². The number of nitrogens with zero attached hydrogens (tertiary/aromatic N) is 3. The maximum absolute atomic E-state index is 5.59. The zero-order valence-corrected chi connectivity index (χ0v) is 11.6. The quantitative estimate of drug-likeness (QED) is 0.895. The van der Waals surface area contributed by atoms with E-state index >= 15 is 0 Å². The molecule has 3 heterocycles. The Kier molecular flexibility index (Phi) is 3.81. The fourth-order valence-electron chi connectivity index (χ4n) is 2.28. The summed E-state index contributed by atoms with van der Waals surface area (Å²) < 4.78 is 15.9. The normalized spacial score (nSPS) is 20.4. The molecule has 20 heavy (non-hydrogen) atoms. The van der Waals surface area contributed by atoms with Crippen LogP contribution in [0, 0.1) is 0 Å². The Morgan fingerprint density at radius 1 is 1.50 bits per heavy atom. The summed E-state index contributed by atoms with van der Waals surface area (Å²) in [6, 6.07) is 3.79. The number of hydrogen-bond donors (Lipinski definition) is 1. The third-order valence-electron chi connectivity index (χ3n) is 3.41. The van der Waals surface area contributed by atoms with Crippen LogP contribution >= 0.6 is 0 Å². The summed E-state index contributed by atoms with van der Waals surface area (Å²) >= 11 is 0. The number of ether oxygens (including phenoxy) is 1. The monoisotopic (exact) mass is 278 g/mol. The van der Waals surface area contributed by atoms with E-state index in [1.165, 1.54) is 0 Å². The number of furan rings is 1. The molecule has 0 radical (unpaired) electrons. The Morgan fingerprint density at radius 2 is 2.40 bits per heavy atom. The van der Waals surface area contributed by atoms with Crippen molar-refractivity contribution in [1.82, 2.24) is 20.4 Å². The fourth-order valence-corrected chi connectivity index (χ4v) is 2.28. The van der Waals surface area contributed by atoms with Crippen LogP contribution in [0.3, 0.4) is 0 Å². The third-order valence-corrected chi connectivity index (χ3v) is 3.41. The van der Waals surface area contributed by atoms with Crippen molar-refractivity contribution in [3.05, 3.63) is 23.7 Å². The molecule has 108 valence electrons. The Balaban J connectivity index is 1.78. The molecule has 1 unspecified atom stereocenters. The molecule has 0 amide bonds. The second kappa shape index (κ2) is 5.74. The predicted molar refractivity (Wildman–Crippen MR) is 71.0 cm³/mol. The van der Waals surface area contributed by atoms with Gasteiger partial charge in [0.25, 0.3) is 5.89 Å². The largest absolute Gasteiger partial charge is 0.453 e. The van der Waals surface area contributed by atoms with E-state index in [1.54, 1.807) is 7.11 Å². The molecule has 1 saturated heterocycles. The highest BCUT2D eigenvalue weighted by Gasteiger charge is 2.26. The molecule has 0 saturated carbocycles. The van der Waals surface area contributed by atoms with Crippen molar-refractivity contribution >= 4 is 0 Å². The molecule has 1 atom stereocenters. The minimum atomic E-state index is 0.134. The fraction of sp³-hybridized carbons (Fsp3) is 0.538. The second-order valence-electron chi connectivity index (χ2n) is 4.86. The van der Waals surface area contributed by atoms with Crippen molar-refractivity contribution in [2.45, 2.75) is 12.6 Å². The van der Waals surface area contributed by atoms with Gasteiger partial charge in [-0.3, -0.25) is 4.90 Å². The maximum Gasteiger partial charge on any atom is 0.293 e. The van der Waals surface area contributed by atoms with E-state index in [4.69, 9.17) is 13.7 Å². The number of likely N-dealkylation sites (N-methyl/N-ethyl adjacent to an activating group) is 1. The van der Waals surface area contributed by atoms with Crippen molar-refractivity contribution in [1.29, 1.82) is 0 Å². The van der Waals surface area contributed by atoms with Crippen LogP contribution in [-0.2, 0) is 11.3 Å². The van der Waals surface area contributed by atoms with Crippen LogP contribution in [0.1, 0.15) is 17.6 Å². The second-order valence-corrected chi connectivity index (χ2v) is 4.86. The first-order valence-corrected chi connectivity index (χ1v) is 6.60. The van der Waals surface area contributed by atoms with Gasteiger partial charge in [0, 0.05) is 26.7 Å². The Hall–Kier alpha value is -1.70. The zero-order chi connectivity index (χ0) is 13.9. The van der Waals surface area contributed by atoms with E-state index < -0.39 is 0 Å². The van der Waals surface area contributed by atoms with Gasteiger partial charge in [-0.2, -0.15) is 4.98 Å². The molecule has 7 heteroatoms. The highest BCUT2D eigenvalue weighted by atomic mass is 16.5. The summed E-state index contributed by atoms with van der Waals surface area (Å²) in [6.45, 7) is 3.20. The molecule has 1 fully saturated rings. The molecule has 1 aliphatic heterocycles. The van der Waals surface area contributed by atoms with Crippen molar-refractivity contribution in [2.24, 2.45) is 0 Å². The molecular formula is C13H18N4O3. The first kappa shape index (κ1) is 13.3. The summed E-state index contributed by atoms with van der Waals surface area (Å²) in [5.41, 5.74) is 0. The molecule has 0 bridgehead atoms. The van der Waals surface area contributed by atoms with E-state index in [0.29, 0.717) is 24.1 Å². The topological polar surface area (TPSA) is 76.6 Å². The van der Waals surface area contributed by atoms with Crippen LogP contribution in [-0.4, -0.2) is 48.8 Å². The molecule has 0 aromatic carbocycles. The van der Waals surface area contributed by atoms with Gasteiger partial charge < -0.3 is 19.0 Å². The smallest absolute Gasteiger partial charge is 0.293 e. The number of hydrogen-bond acceptors (Lipinski definition) is 7. The number of rotatable bonds is 4. The van der Waals surface area contributed by atoms with Gasteiger partial charge in [0.05, 0.1) is 6.04 Å². The minimum Gasteiger partial charge on any atom is -0.453 e. The Morgan fingerprint density at radius 3 is 3.20 bits per heavy atom. The summed E-state index contributed by atoms with van der Waals surface area (Å²) in [5.74, 6) is 2.39. The van der Waals surface area contributed by atoms with E-state index in [1.807, 2.05) is 12.1 Å². The summed E-state index contributed by atoms with van der Waals surface area (Å²) in [4.78, 5) is 6.65. The lowest BCUT2D eigenvalue weighted by Crippen LogP contribution is -2.44. The summed E-state index contributed by atoms with van der Waals surface area (Å²) in [7, 11) is 3.68. The van der Waals surface area contributed by atoms with Crippen molar-refractivity contribution in [3.8, 4) is 11.7 Å². The lowest BCUT2D eigenvalue weighted by Gasteiger charge is -2.30. The molecule has 2 aromatic heterocycles. The van der Waals surface area contributed by atoms with Crippen molar-refractivity contribution < 1.29 is 13.7 Å². The van der Waals surface area contributed by atoms with Crippen LogP contribution < -0.4 is 5.32 Å². The first-order chi connectivity index (χ1) is 9.78. The van der Waals surface area contributed by atoms with Gasteiger partial charge in [-0.25, -0.2) is 0 Å². The highest BCUT2D eigenvalue weighted by molar-refractivity contribution is 5.44. The van der Waals surface area contributed by atoms with Gasteiger partial charge in [0.1, 0.15) is 12.4 Å². The minimum absolute atomic E-state index is 0.134. The average molecular weight is 278 g/mol.